The topological polar surface area (TPSA) is 55.9 Å². The fourth-order valence-corrected chi connectivity index (χ4v) is 3.81. The van der Waals surface area contributed by atoms with Gasteiger partial charge < -0.3 is 9.67 Å². The second-order valence-corrected chi connectivity index (χ2v) is 7.09. The molecule has 132 valence electrons. The number of para-hydroxylation sites is 1. The lowest BCUT2D eigenvalue weighted by Gasteiger charge is -2.30. The first-order valence-corrected chi connectivity index (χ1v) is 8.85. The molecule has 0 aliphatic heterocycles. The molecule has 0 spiro atoms. The first kappa shape index (κ1) is 17.1. The van der Waals surface area contributed by atoms with E-state index in [2.05, 4.69) is 10.1 Å². The van der Waals surface area contributed by atoms with E-state index in [0.29, 0.717) is 22.2 Å². The highest BCUT2D eigenvalue weighted by molar-refractivity contribution is 6.35. The zero-order chi connectivity index (χ0) is 18.1. The largest absolute Gasteiger partial charge is 0.381 e. The predicted octanol–water partition coefficient (Wildman–Crippen LogP) is 4.13. The summed E-state index contributed by atoms with van der Waals surface area (Å²) in [5.41, 5.74) is 0.336. The van der Waals surface area contributed by atoms with E-state index < -0.39 is 5.60 Å². The summed E-state index contributed by atoms with van der Waals surface area (Å²) in [6.45, 7) is 0.516. The first-order chi connectivity index (χ1) is 12.5. The summed E-state index contributed by atoms with van der Waals surface area (Å²) in [6, 6.07) is 15.2. The van der Waals surface area contributed by atoms with Crippen molar-refractivity contribution in [2.24, 2.45) is 0 Å². The van der Waals surface area contributed by atoms with E-state index >= 15 is 0 Å². The van der Waals surface area contributed by atoms with E-state index in [1.165, 1.54) is 6.33 Å². The molecule has 1 N–H and O–H groups in total. The number of nitrogens with zero attached hydrogens (tertiary/aromatic N) is 4. The van der Waals surface area contributed by atoms with Gasteiger partial charge >= 0.3 is 0 Å². The van der Waals surface area contributed by atoms with Gasteiger partial charge in [0, 0.05) is 27.3 Å². The third-order valence-electron chi connectivity index (χ3n) is 4.43. The van der Waals surface area contributed by atoms with Crippen molar-refractivity contribution < 1.29 is 5.11 Å². The molecule has 2 aromatic heterocycles. The van der Waals surface area contributed by atoms with Crippen molar-refractivity contribution in [1.29, 1.82) is 0 Å². The van der Waals surface area contributed by atoms with Crippen LogP contribution in [0.3, 0.4) is 0 Å². The minimum absolute atomic E-state index is 0.209. The van der Waals surface area contributed by atoms with Crippen LogP contribution in [0.1, 0.15) is 5.56 Å². The Morgan fingerprint density at radius 2 is 1.88 bits per heavy atom. The maximum Gasteiger partial charge on any atom is 0.137 e. The maximum atomic E-state index is 11.6. The monoisotopic (exact) mass is 386 g/mol. The van der Waals surface area contributed by atoms with E-state index in [9.17, 15) is 5.11 Å². The second kappa shape index (κ2) is 6.76. The van der Waals surface area contributed by atoms with Crippen LogP contribution in [0.15, 0.2) is 67.4 Å². The number of hydrogen-bond acceptors (Lipinski definition) is 3. The zero-order valence-electron chi connectivity index (χ0n) is 13.8. The number of halogens is 2. The molecule has 5 nitrogen and oxygen atoms in total. The van der Waals surface area contributed by atoms with Gasteiger partial charge in [-0.3, -0.25) is 0 Å². The summed E-state index contributed by atoms with van der Waals surface area (Å²) in [5, 5.41) is 17.8. The number of aromatic nitrogens is 4. The summed E-state index contributed by atoms with van der Waals surface area (Å²) in [7, 11) is 0. The fourth-order valence-electron chi connectivity index (χ4n) is 3.23. The zero-order valence-corrected chi connectivity index (χ0v) is 15.3. The molecule has 4 rings (SSSR count). The molecule has 0 amide bonds. The molecule has 1 atom stereocenters. The minimum Gasteiger partial charge on any atom is -0.381 e. The lowest BCUT2D eigenvalue weighted by atomic mass is 9.93. The van der Waals surface area contributed by atoms with Gasteiger partial charge in [-0.25, -0.2) is 9.67 Å². The molecule has 0 bridgehead atoms. The van der Waals surface area contributed by atoms with Gasteiger partial charge in [0.1, 0.15) is 18.3 Å². The van der Waals surface area contributed by atoms with E-state index in [-0.39, 0.29) is 6.54 Å². The lowest BCUT2D eigenvalue weighted by molar-refractivity contribution is -0.00103. The molecule has 0 radical (unpaired) electrons. The van der Waals surface area contributed by atoms with E-state index in [1.807, 2.05) is 41.1 Å². The van der Waals surface area contributed by atoms with Gasteiger partial charge in [0.2, 0.25) is 0 Å². The Kier molecular flexibility index (Phi) is 4.44. The number of fused-ring (bicyclic) bond motifs is 1. The van der Waals surface area contributed by atoms with Gasteiger partial charge in [-0.05, 0) is 29.7 Å². The first-order valence-electron chi connectivity index (χ1n) is 8.09. The average Bonchev–Trinajstić information content (AvgIpc) is 3.25. The number of benzene rings is 2. The Hall–Kier alpha value is -2.34. The lowest BCUT2D eigenvalue weighted by Crippen LogP contribution is -2.36. The van der Waals surface area contributed by atoms with Crippen molar-refractivity contribution in [1.82, 2.24) is 19.3 Å². The summed E-state index contributed by atoms with van der Waals surface area (Å²) in [4.78, 5) is 3.96. The Labute approximate surface area is 160 Å². The molecular weight excluding hydrogens is 371 g/mol. The molecule has 2 aromatic carbocycles. The molecule has 1 unspecified atom stereocenters. The summed E-state index contributed by atoms with van der Waals surface area (Å²) < 4.78 is 3.60. The standard InChI is InChI=1S/C19H16Cl2N4O/c20-15-5-6-16(17(21)9-15)19(26,11-25-13-22-12-23-25)10-24-8-7-14-3-1-2-4-18(14)24/h1-9,12-13,26H,10-11H2. The quantitative estimate of drug-likeness (QED) is 0.560. The van der Waals surface area contributed by atoms with Gasteiger partial charge in [0.15, 0.2) is 0 Å². The third kappa shape index (κ3) is 3.21. The second-order valence-electron chi connectivity index (χ2n) is 6.25. The highest BCUT2D eigenvalue weighted by atomic mass is 35.5. The van der Waals surface area contributed by atoms with Crippen LogP contribution in [0, 0.1) is 0 Å². The van der Waals surface area contributed by atoms with Crippen LogP contribution in [0.25, 0.3) is 10.9 Å². The SMILES string of the molecule is OC(Cn1cncn1)(Cn1ccc2ccccc21)c1ccc(Cl)cc1Cl. The molecule has 0 aliphatic rings. The van der Waals surface area contributed by atoms with Crippen molar-refractivity contribution in [3.8, 4) is 0 Å². The molecule has 26 heavy (non-hydrogen) atoms. The van der Waals surface area contributed by atoms with Crippen LogP contribution in [-0.2, 0) is 18.7 Å². The number of rotatable bonds is 5. The number of hydrogen-bond donors (Lipinski definition) is 1. The average molecular weight is 387 g/mol. The van der Waals surface area contributed by atoms with Crippen LogP contribution in [0.2, 0.25) is 10.0 Å². The third-order valence-corrected chi connectivity index (χ3v) is 4.98. The molecule has 7 heteroatoms. The van der Waals surface area contributed by atoms with Crippen LogP contribution in [0.5, 0.6) is 0 Å². The summed E-state index contributed by atoms with van der Waals surface area (Å²) in [5.74, 6) is 0. The van der Waals surface area contributed by atoms with Crippen molar-refractivity contribution in [3.05, 3.63) is 83.0 Å². The van der Waals surface area contributed by atoms with E-state index in [4.69, 9.17) is 23.2 Å². The summed E-state index contributed by atoms with van der Waals surface area (Å²) in [6.07, 6.45) is 4.97. The van der Waals surface area contributed by atoms with Gasteiger partial charge in [-0.2, -0.15) is 5.10 Å². The molecule has 0 saturated carbocycles. The smallest absolute Gasteiger partial charge is 0.137 e. The molecule has 0 fully saturated rings. The van der Waals surface area contributed by atoms with Crippen molar-refractivity contribution in [2.45, 2.75) is 18.7 Å². The van der Waals surface area contributed by atoms with Crippen molar-refractivity contribution >= 4 is 34.1 Å². The molecule has 4 aromatic rings. The number of aliphatic hydroxyl groups is 1. The highest BCUT2D eigenvalue weighted by Crippen LogP contribution is 2.34. The van der Waals surface area contributed by atoms with Gasteiger partial charge in [-0.15, -0.1) is 0 Å². The van der Waals surface area contributed by atoms with Crippen LogP contribution < -0.4 is 0 Å². The fraction of sp³-hybridized carbons (Fsp3) is 0.158. The van der Waals surface area contributed by atoms with Gasteiger partial charge in [0.25, 0.3) is 0 Å². The summed E-state index contributed by atoms with van der Waals surface area (Å²) >= 11 is 12.4. The molecule has 0 aliphatic carbocycles. The highest BCUT2D eigenvalue weighted by Gasteiger charge is 2.33. The Morgan fingerprint density at radius 1 is 1.04 bits per heavy atom. The molecule has 2 heterocycles. The predicted molar refractivity (Wildman–Crippen MR) is 102 cm³/mol. The van der Waals surface area contributed by atoms with Crippen LogP contribution >= 0.6 is 23.2 Å². The van der Waals surface area contributed by atoms with E-state index in [0.717, 1.165) is 10.9 Å². The normalized spacial score (nSPS) is 13.8. The minimum atomic E-state index is -1.29. The van der Waals surface area contributed by atoms with Gasteiger partial charge in [-0.1, -0.05) is 47.5 Å². The Bertz CT molecular complexity index is 1040. The Balaban J connectivity index is 1.79. The molecular formula is C19H16Cl2N4O. The van der Waals surface area contributed by atoms with Crippen LogP contribution in [-0.4, -0.2) is 24.4 Å². The van der Waals surface area contributed by atoms with Crippen molar-refractivity contribution in [2.75, 3.05) is 0 Å². The van der Waals surface area contributed by atoms with Crippen LogP contribution in [0.4, 0.5) is 0 Å². The van der Waals surface area contributed by atoms with E-state index in [1.54, 1.807) is 29.2 Å². The molecule has 0 saturated heterocycles. The van der Waals surface area contributed by atoms with Crippen molar-refractivity contribution in [3.63, 3.8) is 0 Å². The van der Waals surface area contributed by atoms with Gasteiger partial charge in [0.05, 0.1) is 13.1 Å². The maximum absolute atomic E-state index is 11.6. The Morgan fingerprint density at radius 3 is 2.65 bits per heavy atom.